The number of aryl methyl sites for hydroxylation is 1. The smallest absolute Gasteiger partial charge is 0.281 e. The predicted octanol–water partition coefficient (Wildman–Crippen LogP) is 2.22. The summed E-state index contributed by atoms with van der Waals surface area (Å²) in [5, 5.41) is 0.783. The number of benzene rings is 1. The molecule has 6 nitrogen and oxygen atoms in total. The van der Waals surface area contributed by atoms with Crippen molar-refractivity contribution in [2.45, 2.75) is 19.8 Å². The summed E-state index contributed by atoms with van der Waals surface area (Å²) in [6.07, 6.45) is 6.79. The van der Waals surface area contributed by atoms with E-state index >= 15 is 0 Å². The Morgan fingerprint density at radius 2 is 1.96 bits per heavy atom. The number of likely N-dealkylation sites (tertiary alicyclic amines) is 1. The van der Waals surface area contributed by atoms with E-state index in [2.05, 4.69) is 26.7 Å². The van der Waals surface area contributed by atoms with Gasteiger partial charge in [-0.1, -0.05) is 36.3 Å². The average molecular weight is 382 g/mol. The molecule has 3 rings (SSSR count). The van der Waals surface area contributed by atoms with E-state index in [0.29, 0.717) is 17.1 Å². The number of carbonyl (C=O) groups excluding carboxylic acids is 2. The third-order valence-electron chi connectivity index (χ3n) is 4.60. The second-order valence-electron chi connectivity index (χ2n) is 6.50. The largest absolute Gasteiger partial charge is 0.292 e. The van der Waals surface area contributed by atoms with Gasteiger partial charge in [0.2, 0.25) is 5.91 Å². The number of nitrogens with zero attached hydrogens (tertiary/aromatic N) is 2. The van der Waals surface area contributed by atoms with Crippen LogP contribution in [-0.2, 0) is 4.79 Å². The monoisotopic (exact) mass is 382 g/mol. The van der Waals surface area contributed by atoms with Crippen LogP contribution in [0.4, 0.5) is 0 Å². The van der Waals surface area contributed by atoms with Crippen LogP contribution in [-0.4, -0.2) is 41.3 Å². The molecule has 0 atom stereocenters. The Hall–Kier alpha value is -2.69. The van der Waals surface area contributed by atoms with Gasteiger partial charge in [-0.25, -0.2) is 4.98 Å². The van der Waals surface area contributed by atoms with Crippen molar-refractivity contribution in [3.05, 3.63) is 40.9 Å². The molecular weight excluding hydrogens is 360 g/mol. The minimum atomic E-state index is -0.342. The van der Waals surface area contributed by atoms with Gasteiger partial charge in [0.25, 0.3) is 5.91 Å². The number of nitrogens with one attached hydrogen (secondary N) is 2. The van der Waals surface area contributed by atoms with Crippen molar-refractivity contribution in [3.8, 4) is 22.9 Å². The molecule has 2 amide bonds. The number of carbonyl (C=O) groups is 2. The van der Waals surface area contributed by atoms with Crippen LogP contribution < -0.4 is 10.9 Å². The van der Waals surface area contributed by atoms with Gasteiger partial charge < -0.3 is 0 Å². The fourth-order valence-corrected chi connectivity index (χ4v) is 4.04. The number of hydrogen-bond acceptors (Lipinski definition) is 5. The minimum absolute atomic E-state index is 0.109. The second kappa shape index (κ2) is 8.80. The van der Waals surface area contributed by atoms with E-state index in [0.717, 1.165) is 36.5 Å². The maximum atomic E-state index is 12.4. The van der Waals surface area contributed by atoms with Gasteiger partial charge in [-0.05, 0) is 32.9 Å². The molecule has 7 heteroatoms. The molecule has 2 aromatic rings. The number of hydrogen-bond donors (Lipinski definition) is 2. The molecule has 27 heavy (non-hydrogen) atoms. The molecule has 0 aliphatic carbocycles. The SMILES string of the molecule is C#CCN1CCC(C(=O)NNC(=O)c2sc(-c3ccccc3)nc2C)CC1. The predicted molar refractivity (Wildman–Crippen MR) is 106 cm³/mol. The quantitative estimate of drug-likeness (QED) is 0.628. The van der Waals surface area contributed by atoms with Gasteiger partial charge in [0.15, 0.2) is 0 Å². The lowest BCUT2D eigenvalue weighted by Crippen LogP contribution is -2.47. The topological polar surface area (TPSA) is 74.3 Å². The molecule has 1 fully saturated rings. The molecule has 0 unspecified atom stereocenters. The molecule has 1 aliphatic rings. The molecule has 0 spiro atoms. The fourth-order valence-electron chi connectivity index (χ4n) is 3.07. The average Bonchev–Trinajstić information content (AvgIpc) is 3.09. The fraction of sp³-hybridized carbons (Fsp3) is 0.350. The van der Waals surface area contributed by atoms with Crippen molar-refractivity contribution < 1.29 is 9.59 Å². The maximum Gasteiger partial charge on any atom is 0.281 e. The number of amides is 2. The third kappa shape index (κ3) is 4.73. The summed E-state index contributed by atoms with van der Waals surface area (Å²) < 4.78 is 0. The Bertz CT molecular complexity index is 849. The van der Waals surface area contributed by atoms with Crippen molar-refractivity contribution in [1.29, 1.82) is 0 Å². The number of aromatic nitrogens is 1. The Morgan fingerprint density at radius 1 is 1.26 bits per heavy atom. The number of rotatable bonds is 4. The van der Waals surface area contributed by atoms with Crippen LogP contribution in [0.5, 0.6) is 0 Å². The lowest BCUT2D eigenvalue weighted by Gasteiger charge is -2.29. The molecule has 0 radical (unpaired) electrons. The van der Waals surface area contributed by atoms with Crippen LogP contribution in [0.1, 0.15) is 28.2 Å². The Morgan fingerprint density at radius 3 is 2.63 bits per heavy atom. The van der Waals surface area contributed by atoms with E-state index in [1.165, 1.54) is 11.3 Å². The Balaban J connectivity index is 1.55. The first-order valence-electron chi connectivity index (χ1n) is 8.87. The number of hydrazine groups is 1. The van der Waals surface area contributed by atoms with Crippen LogP contribution >= 0.6 is 11.3 Å². The molecule has 1 saturated heterocycles. The van der Waals surface area contributed by atoms with Crippen LogP contribution in [0.15, 0.2) is 30.3 Å². The second-order valence-corrected chi connectivity index (χ2v) is 7.50. The zero-order valence-electron chi connectivity index (χ0n) is 15.2. The van der Waals surface area contributed by atoms with Gasteiger partial charge in [0, 0.05) is 11.5 Å². The number of thiazole rings is 1. The molecule has 140 valence electrons. The molecule has 0 saturated carbocycles. The van der Waals surface area contributed by atoms with Gasteiger partial charge >= 0.3 is 0 Å². The summed E-state index contributed by atoms with van der Waals surface area (Å²) in [6, 6.07) is 9.70. The van der Waals surface area contributed by atoms with Gasteiger partial charge in [-0.15, -0.1) is 17.8 Å². The lowest BCUT2D eigenvalue weighted by atomic mass is 9.96. The van der Waals surface area contributed by atoms with E-state index in [1.807, 2.05) is 30.3 Å². The lowest BCUT2D eigenvalue weighted by molar-refractivity contribution is -0.127. The van der Waals surface area contributed by atoms with E-state index in [1.54, 1.807) is 6.92 Å². The van der Waals surface area contributed by atoms with Crippen LogP contribution in [0.3, 0.4) is 0 Å². The van der Waals surface area contributed by atoms with Gasteiger partial charge in [-0.3, -0.25) is 25.3 Å². The normalized spacial score (nSPS) is 15.1. The first-order valence-corrected chi connectivity index (χ1v) is 9.69. The molecule has 1 aliphatic heterocycles. The first kappa shape index (κ1) is 19.1. The van der Waals surface area contributed by atoms with Crippen LogP contribution in [0.25, 0.3) is 10.6 Å². The molecular formula is C20H22N4O2S. The highest BCUT2D eigenvalue weighted by atomic mass is 32.1. The highest BCUT2D eigenvalue weighted by molar-refractivity contribution is 7.17. The highest BCUT2D eigenvalue weighted by Gasteiger charge is 2.25. The number of piperidine rings is 1. The molecule has 2 N–H and O–H groups in total. The summed E-state index contributed by atoms with van der Waals surface area (Å²) in [7, 11) is 0. The van der Waals surface area contributed by atoms with E-state index < -0.39 is 0 Å². The summed E-state index contributed by atoms with van der Waals surface area (Å²) in [6.45, 7) is 4.00. The summed E-state index contributed by atoms with van der Waals surface area (Å²) in [4.78, 5) is 31.9. The Labute approximate surface area is 163 Å². The highest BCUT2D eigenvalue weighted by Crippen LogP contribution is 2.27. The first-order chi connectivity index (χ1) is 13.1. The maximum absolute atomic E-state index is 12.4. The van der Waals surface area contributed by atoms with Crippen molar-refractivity contribution >= 4 is 23.2 Å². The van der Waals surface area contributed by atoms with Crippen LogP contribution in [0.2, 0.25) is 0 Å². The Kier molecular flexibility index (Phi) is 6.22. The molecule has 1 aromatic carbocycles. The van der Waals surface area contributed by atoms with Crippen molar-refractivity contribution in [3.63, 3.8) is 0 Å². The summed E-state index contributed by atoms with van der Waals surface area (Å²) >= 11 is 1.31. The summed E-state index contributed by atoms with van der Waals surface area (Å²) in [5.41, 5.74) is 6.69. The zero-order valence-corrected chi connectivity index (χ0v) is 16.0. The summed E-state index contributed by atoms with van der Waals surface area (Å²) in [5.74, 6) is 2.01. The van der Waals surface area contributed by atoms with Gasteiger partial charge in [-0.2, -0.15) is 0 Å². The number of terminal acetylenes is 1. The van der Waals surface area contributed by atoms with Crippen molar-refractivity contribution in [1.82, 2.24) is 20.7 Å². The third-order valence-corrected chi connectivity index (χ3v) is 5.80. The van der Waals surface area contributed by atoms with Gasteiger partial charge in [0.1, 0.15) is 9.88 Å². The van der Waals surface area contributed by atoms with E-state index in [-0.39, 0.29) is 17.7 Å². The van der Waals surface area contributed by atoms with Crippen molar-refractivity contribution in [2.75, 3.05) is 19.6 Å². The van der Waals surface area contributed by atoms with Gasteiger partial charge in [0.05, 0.1) is 12.2 Å². The molecule has 2 heterocycles. The standard InChI is InChI=1S/C20H22N4O2S/c1-3-11-24-12-9-15(10-13-24)18(25)22-23-19(26)17-14(2)21-20(27-17)16-7-5-4-6-8-16/h1,4-8,15H,9-13H2,2H3,(H,22,25)(H,23,26). The zero-order chi connectivity index (χ0) is 19.2. The van der Waals surface area contributed by atoms with E-state index in [4.69, 9.17) is 6.42 Å². The molecule has 0 bridgehead atoms. The van der Waals surface area contributed by atoms with E-state index in [9.17, 15) is 9.59 Å². The minimum Gasteiger partial charge on any atom is -0.292 e. The van der Waals surface area contributed by atoms with Crippen LogP contribution in [0, 0.1) is 25.2 Å². The molecule has 1 aromatic heterocycles. The van der Waals surface area contributed by atoms with Crippen molar-refractivity contribution in [2.24, 2.45) is 5.92 Å².